The van der Waals surface area contributed by atoms with Crippen LogP contribution in [0.2, 0.25) is 0 Å². The van der Waals surface area contributed by atoms with Crippen molar-refractivity contribution in [3.8, 4) is 0 Å². The van der Waals surface area contributed by atoms with Gasteiger partial charge in [-0.05, 0) is 26.0 Å². The lowest BCUT2D eigenvalue weighted by Gasteiger charge is -2.19. The third-order valence-electron chi connectivity index (χ3n) is 2.66. The highest BCUT2D eigenvalue weighted by molar-refractivity contribution is 5.53. The summed E-state index contributed by atoms with van der Waals surface area (Å²) in [5, 5.41) is 11.1. The summed E-state index contributed by atoms with van der Waals surface area (Å²) in [7, 11) is 0. The first-order valence-electron chi connectivity index (χ1n) is 6.10. The van der Waals surface area contributed by atoms with E-state index in [1.807, 2.05) is 30.3 Å². The molecular weight excluding hydrogens is 226 g/mol. The molecule has 0 unspecified atom stereocenters. The number of nitrogens with zero attached hydrogens (tertiary/aromatic N) is 4. The molecule has 0 radical (unpaired) electrons. The average Bonchev–Trinajstić information content (AvgIpc) is 2.42. The summed E-state index contributed by atoms with van der Waals surface area (Å²) >= 11 is 0. The summed E-state index contributed by atoms with van der Waals surface area (Å²) in [4.78, 5) is 6.58. The Kier molecular flexibility index (Phi) is 4.06. The van der Waals surface area contributed by atoms with Gasteiger partial charge in [0.05, 0.1) is 6.20 Å². The molecule has 5 heteroatoms. The van der Waals surface area contributed by atoms with Gasteiger partial charge in [0.1, 0.15) is 0 Å². The second-order valence-corrected chi connectivity index (χ2v) is 3.80. The van der Waals surface area contributed by atoms with Crippen molar-refractivity contribution in [1.82, 2.24) is 15.2 Å². The Balaban J connectivity index is 2.17. The highest BCUT2D eigenvalue weighted by Crippen LogP contribution is 2.14. The minimum absolute atomic E-state index is 0.519. The topological polar surface area (TPSA) is 53.9 Å². The quantitative estimate of drug-likeness (QED) is 0.874. The number of nitrogens with one attached hydrogen (secondary N) is 1. The first-order chi connectivity index (χ1) is 8.83. The molecule has 5 nitrogen and oxygen atoms in total. The number of hydrogen-bond donors (Lipinski definition) is 1. The SMILES string of the molecule is CCN(CC)c1cnnc(Nc2ccccc2)n1. The normalized spacial score (nSPS) is 10.1. The molecule has 18 heavy (non-hydrogen) atoms. The van der Waals surface area contributed by atoms with Crippen molar-refractivity contribution in [1.29, 1.82) is 0 Å². The van der Waals surface area contributed by atoms with Crippen molar-refractivity contribution >= 4 is 17.5 Å². The molecule has 0 saturated heterocycles. The van der Waals surface area contributed by atoms with Crippen LogP contribution in [-0.4, -0.2) is 28.3 Å². The Hall–Kier alpha value is -2.17. The molecule has 0 atom stereocenters. The fourth-order valence-electron chi connectivity index (χ4n) is 1.70. The molecule has 0 aliphatic heterocycles. The van der Waals surface area contributed by atoms with Gasteiger partial charge in [0.25, 0.3) is 0 Å². The maximum absolute atomic E-state index is 4.45. The van der Waals surface area contributed by atoms with Crippen LogP contribution >= 0.6 is 0 Å². The molecule has 0 fully saturated rings. The van der Waals surface area contributed by atoms with Crippen LogP contribution in [0.4, 0.5) is 17.5 Å². The largest absolute Gasteiger partial charge is 0.356 e. The van der Waals surface area contributed by atoms with Crippen molar-refractivity contribution in [3.63, 3.8) is 0 Å². The molecule has 94 valence electrons. The van der Waals surface area contributed by atoms with Gasteiger partial charge < -0.3 is 10.2 Å². The zero-order valence-electron chi connectivity index (χ0n) is 10.7. The maximum Gasteiger partial charge on any atom is 0.249 e. The van der Waals surface area contributed by atoms with E-state index in [1.165, 1.54) is 0 Å². The molecule has 0 saturated carbocycles. The van der Waals surface area contributed by atoms with E-state index in [0.29, 0.717) is 5.95 Å². The lowest BCUT2D eigenvalue weighted by Crippen LogP contribution is -2.23. The van der Waals surface area contributed by atoms with Crippen LogP contribution in [0, 0.1) is 0 Å². The standard InChI is InChI=1S/C13H17N5/c1-3-18(4-2)12-10-14-17-13(16-12)15-11-8-6-5-7-9-11/h5-10H,3-4H2,1-2H3,(H,15,16,17). The zero-order chi connectivity index (χ0) is 12.8. The molecule has 1 aromatic carbocycles. The molecule has 0 spiro atoms. The van der Waals surface area contributed by atoms with Gasteiger partial charge >= 0.3 is 0 Å². The Labute approximate surface area is 107 Å². The van der Waals surface area contributed by atoms with Gasteiger partial charge in [0.15, 0.2) is 5.82 Å². The molecule has 2 aromatic rings. The number of hydrogen-bond acceptors (Lipinski definition) is 5. The number of aromatic nitrogens is 3. The summed E-state index contributed by atoms with van der Waals surface area (Å²) in [6, 6.07) is 9.82. The number of rotatable bonds is 5. The van der Waals surface area contributed by atoms with Crippen molar-refractivity contribution < 1.29 is 0 Å². The van der Waals surface area contributed by atoms with E-state index in [4.69, 9.17) is 0 Å². The summed E-state index contributed by atoms with van der Waals surface area (Å²) in [5.74, 6) is 1.36. The highest BCUT2D eigenvalue weighted by atomic mass is 15.3. The van der Waals surface area contributed by atoms with E-state index >= 15 is 0 Å². The zero-order valence-corrected chi connectivity index (χ0v) is 10.7. The van der Waals surface area contributed by atoms with E-state index in [-0.39, 0.29) is 0 Å². The molecule has 0 aliphatic carbocycles. The Bertz CT molecular complexity index is 482. The second-order valence-electron chi connectivity index (χ2n) is 3.80. The average molecular weight is 243 g/mol. The van der Waals surface area contributed by atoms with Gasteiger partial charge in [0, 0.05) is 18.8 Å². The molecule has 1 heterocycles. The lowest BCUT2D eigenvalue weighted by atomic mass is 10.3. The van der Waals surface area contributed by atoms with E-state index in [2.05, 4.69) is 39.2 Å². The predicted molar refractivity (Wildman–Crippen MR) is 73.1 cm³/mol. The van der Waals surface area contributed by atoms with Gasteiger partial charge in [-0.1, -0.05) is 18.2 Å². The predicted octanol–water partition coefficient (Wildman–Crippen LogP) is 2.46. The molecule has 0 aliphatic rings. The summed E-state index contributed by atoms with van der Waals surface area (Å²) in [5.41, 5.74) is 0.955. The van der Waals surface area contributed by atoms with E-state index in [1.54, 1.807) is 6.20 Å². The van der Waals surface area contributed by atoms with Gasteiger partial charge in [-0.15, -0.1) is 5.10 Å². The van der Waals surface area contributed by atoms with Crippen LogP contribution in [0.5, 0.6) is 0 Å². The minimum Gasteiger partial charge on any atom is -0.356 e. The van der Waals surface area contributed by atoms with Crippen molar-refractivity contribution in [2.24, 2.45) is 0 Å². The smallest absolute Gasteiger partial charge is 0.249 e. The van der Waals surface area contributed by atoms with E-state index in [0.717, 1.165) is 24.6 Å². The summed E-state index contributed by atoms with van der Waals surface area (Å²) in [6.07, 6.45) is 1.68. The monoisotopic (exact) mass is 243 g/mol. The lowest BCUT2D eigenvalue weighted by molar-refractivity contribution is 0.826. The van der Waals surface area contributed by atoms with Crippen molar-refractivity contribution in [2.45, 2.75) is 13.8 Å². The highest BCUT2D eigenvalue weighted by Gasteiger charge is 2.06. The first-order valence-corrected chi connectivity index (χ1v) is 6.10. The summed E-state index contributed by atoms with van der Waals surface area (Å²) < 4.78 is 0. The van der Waals surface area contributed by atoms with E-state index < -0.39 is 0 Å². The number of anilines is 3. The molecule has 0 amide bonds. The molecular formula is C13H17N5. The van der Waals surface area contributed by atoms with Gasteiger partial charge in [0.2, 0.25) is 5.95 Å². The maximum atomic E-state index is 4.45. The minimum atomic E-state index is 0.519. The number of para-hydroxylation sites is 1. The van der Waals surface area contributed by atoms with Crippen LogP contribution in [0.1, 0.15) is 13.8 Å². The fourth-order valence-corrected chi connectivity index (χ4v) is 1.70. The van der Waals surface area contributed by atoms with Crippen LogP contribution in [-0.2, 0) is 0 Å². The molecule has 0 bridgehead atoms. The van der Waals surface area contributed by atoms with E-state index in [9.17, 15) is 0 Å². The Morgan fingerprint density at radius 1 is 1.11 bits per heavy atom. The van der Waals surface area contributed by atoms with Crippen LogP contribution in [0.25, 0.3) is 0 Å². The van der Waals surface area contributed by atoms with Crippen molar-refractivity contribution in [2.75, 3.05) is 23.3 Å². The fraction of sp³-hybridized carbons (Fsp3) is 0.308. The van der Waals surface area contributed by atoms with Crippen molar-refractivity contribution in [3.05, 3.63) is 36.5 Å². The first kappa shape index (κ1) is 12.3. The Morgan fingerprint density at radius 3 is 2.50 bits per heavy atom. The second kappa shape index (κ2) is 5.95. The third kappa shape index (κ3) is 2.94. The molecule has 2 rings (SSSR count). The van der Waals surface area contributed by atoms with Crippen LogP contribution in [0.3, 0.4) is 0 Å². The van der Waals surface area contributed by atoms with Gasteiger partial charge in [-0.2, -0.15) is 10.1 Å². The van der Waals surface area contributed by atoms with Gasteiger partial charge in [-0.3, -0.25) is 0 Å². The van der Waals surface area contributed by atoms with Gasteiger partial charge in [-0.25, -0.2) is 0 Å². The third-order valence-corrected chi connectivity index (χ3v) is 2.66. The van der Waals surface area contributed by atoms with Crippen LogP contribution in [0.15, 0.2) is 36.5 Å². The van der Waals surface area contributed by atoms with Crippen LogP contribution < -0.4 is 10.2 Å². The molecule has 1 N–H and O–H groups in total. The Morgan fingerprint density at radius 2 is 1.83 bits per heavy atom. The number of benzene rings is 1. The molecule has 1 aromatic heterocycles. The summed E-state index contributed by atoms with van der Waals surface area (Å²) in [6.45, 7) is 5.99.